The molecule has 17 nitrogen and oxygen atoms in total. The molecule has 2 bridgehead atoms. The van der Waals surface area contributed by atoms with Crippen LogP contribution in [0, 0.1) is 16.7 Å². The fraction of sp³-hybridized carbons (Fsp3) is 0.692. The molecule has 3 heterocycles. The highest BCUT2D eigenvalue weighted by molar-refractivity contribution is 6.77. The zero-order valence-electron chi connectivity index (χ0n) is 43.6. The van der Waals surface area contributed by atoms with E-state index in [9.17, 15) is 24.6 Å². The van der Waals surface area contributed by atoms with Crippen molar-refractivity contribution in [2.45, 2.75) is 192 Å². The Balaban J connectivity index is 1.42. The number of alkyl carbamates (subject to hydrolysis) is 1. The zero-order valence-corrected chi connectivity index (χ0v) is 44.6. The van der Waals surface area contributed by atoms with E-state index < -0.39 is 115 Å². The highest BCUT2D eigenvalue weighted by atomic mass is 28.4. The van der Waals surface area contributed by atoms with E-state index in [-0.39, 0.29) is 46.7 Å². The van der Waals surface area contributed by atoms with E-state index in [0.717, 1.165) is 0 Å². The van der Waals surface area contributed by atoms with Gasteiger partial charge in [-0.3, -0.25) is 4.79 Å². The van der Waals surface area contributed by atoms with Gasteiger partial charge in [0.15, 0.2) is 11.7 Å². The zero-order chi connectivity index (χ0) is 51.8. The lowest BCUT2D eigenvalue weighted by atomic mass is 9.42. The molecular weight excluding hydrogens is 923 g/mol. The Morgan fingerprint density at radius 2 is 1.59 bits per heavy atom. The predicted octanol–water partition coefficient (Wildman–Crippen LogP) is 7.91. The second-order valence-electron chi connectivity index (χ2n) is 22.6. The van der Waals surface area contributed by atoms with Crippen LogP contribution in [0.1, 0.15) is 132 Å². The van der Waals surface area contributed by atoms with E-state index in [0.29, 0.717) is 23.3 Å². The molecule has 70 heavy (non-hydrogen) atoms. The van der Waals surface area contributed by atoms with Gasteiger partial charge in [-0.05, 0) is 85.8 Å². The molecule has 1 aromatic heterocycles. The quantitative estimate of drug-likeness (QED) is 0.0669. The largest absolute Gasteiger partial charge is 0.497 e. The Morgan fingerprint density at radius 3 is 2.11 bits per heavy atom. The highest BCUT2D eigenvalue weighted by Crippen LogP contribution is 2.69. The number of aliphatic hydroxyl groups is 2. The average molecular weight is 998 g/mol. The summed E-state index contributed by atoms with van der Waals surface area (Å²) in [5, 5.41) is 29.8. The molecule has 2 saturated heterocycles. The van der Waals surface area contributed by atoms with Gasteiger partial charge in [-0.2, -0.15) is 0 Å². The van der Waals surface area contributed by atoms with Crippen LogP contribution in [0.4, 0.5) is 4.79 Å². The number of furan rings is 1. The molecule has 2 saturated carbocycles. The second kappa shape index (κ2) is 18.9. The van der Waals surface area contributed by atoms with Gasteiger partial charge < -0.3 is 62.3 Å². The third-order valence-electron chi connectivity index (χ3n) is 16.4. The summed E-state index contributed by atoms with van der Waals surface area (Å²) in [4.78, 5) is 57.5. The van der Waals surface area contributed by atoms with Crippen LogP contribution in [0.2, 0.25) is 16.6 Å². The fourth-order valence-electron chi connectivity index (χ4n) is 13.2. The summed E-state index contributed by atoms with van der Waals surface area (Å²) in [6, 6.07) is 6.66. The van der Waals surface area contributed by atoms with E-state index in [2.05, 4.69) is 46.9 Å². The van der Waals surface area contributed by atoms with Crippen molar-refractivity contribution in [3.63, 3.8) is 0 Å². The highest BCUT2D eigenvalue weighted by Gasteiger charge is 2.81. The number of hydrogen-bond acceptors (Lipinski definition) is 16. The van der Waals surface area contributed by atoms with Crippen LogP contribution in [-0.2, 0) is 42.4 Å². The van der Waals surface area contributed by atoms with Crippen molar-refractivity contribution in [1.82, 2.24) is 5.32 Å². The Hall–Kier alpha value is -4.46. The number of carbonyl (C=O) groups is 4. The van der Waals surface area contributed by atoms with Crippen molar-refractivity contribution in [3.8, 4) is 11.5 Å². The van der Waals surface area contributed by atoms with Gasteiger partial charge in [0.05, 0.1) is 45.2 Å². The number of fused-ring (bicyclic) bond motifs is 4. The van der Waals surface area contributed by atoms with Crippen molar-refractivity contribution < 1.29 is 76.1 Å². The molecule has 3 aliphatic carbocycles. The van der Waals surface area contributed by atoms with Crippen molar-refractivity contribution in [1.29, 1.82) is 0 Å². The number of rotatable bonds is 15. The van der Waals surface area contributed by atoms with E-state index in [4.69, 9.17) is 46.7 Å². The van der Waals surface area contributed by atoms with Gasteiger partial charge >= 0.3 is 24.0 Å². The van der Waals surface area contributed by atoms with Crippen LogP contribution in [0.15, 0.2) is 52.2 Å². The molecule has 2 aliphatic heterocycles. The van der Waals surface area contributed by atoms with Crippen molar-refractivity contribution in [2.75, 3.05) is 20.8 Å². The van der Waals surface area contributed by atoms with E-state index >= 15 is 4.79 Å². The maximum absolute atomic E-state index is 15.6. The van der Waals surface area contributed by atoms with Gasteiger partial charge in [0, 0.05) is 30.6 Å². The molecule has 1 aromatic carbocycles. The van der Waals surface area contributed by atoms with Gasteiger partial charge in [-0.25, -0.2) is 14.4 Å². The number of aliphatic hydroxyl groups excluding tert-OH is 1. The van der Waals surface area contributed by atoms with Gasteiger partial charge in [0.2, 0.25) is 8.32 Å². The average Bonchev–Trinajstić information content (AvgIpc) is 3.79. The van der Waals surface area contributed by atoms with Crippen LogP contribution in [-0.4, -0.2) is 123 Å². The molecule has 0 spiro atoms. The third-order valence-corrected chi connectivity index (χ3v) is 22.4. The monoisotopic (exact) mass is 997 g/mol. The minimum atomic E-state index is -3.02. The van der Waals surface area contributed by atoms with Gasteiger partial charge in [-0.15, -0.1) is 0 Å². The van der Waals surface area contributed by atoms with Crippen LogP contribution in [0.25, 0.3) is 0 Å². The standard InChI is InChI=1S/C52H75NO16Si/c1-26(2)70(27(3)4,28(5)6)69-41(39(34-18-17-21-62-34)53-47(58)68-48(9,10)11)46(57)64-35-24-52(59)44(66-45(56)32-22-31(60-15)19-20-33(32)61-16)42-50(14)36(23-37-51(42,25-63-37)67-30(8)54)65-43(50)40(55)38(29(35)7)49(52,12)13/h17-22,26-28,35-37,39-44,55,59H,23-25H2,1-16H3,(H,53,58)/t35-,36+,37+,39-,40+,41+,42-,43-,44-,50+,51-,52+/m0/s1. The summed E-state index contributed by atoms with van der Waals surface area (Å²) in [6.07, 6.45) is -7.50. The van der Waals surface area contributed by atoms with Crippen LogP contribution in [0.3, 0.4) is 0 Å². The number of amides is 1. The SMILES string of the molecule is COc1ccc(OC)c(C(=O)O[C@H]2[C@@H]3[C@]4(OC(C)=O)CO[C@@H]4C[C@H]4O[C@@H]([C@H](O)C5=C(C)[C@@H](OC(=O)[C@H](O[Si](C(C)C)(C(C)C)C(C)C)[C@@H](NC(=O)OC(C)(C)C)c6ccco6)C[C@]2(O)C5(C)C)[C@@]34C)c1. The van der Waals surface area contributed by atoms with Crippen LogP contribution in [0.5, 0.6) is 11.5 Å². The lowest BCUT2D eigenvalue weighted by Gasteiger charge is -2.74. The van der Waals surface area contributed by atoms with E-state index in [1.807, 2.05) is 6.92 Å². The summed E-state index contributed by atoms with van der Waals surface area (Å²) in [5.41, 5.74) is -6.41. The molecule has 0 unspecified atom stereocenters. The topological polar surface area (TPSA) is 217 Å². The smallest absolute Gasteiger partial charge is 0.408 e. The van der Waals surface area contributed by atoms with Gasteiger partial charge in [0.25, 0.3) is 0 Å². The number of benzene rings is 1. The first-order valence-electron chi connectivity index (χ1n) is 24.5. The number of hydrogen-bond donors (Lipinski definition) is 3. The maximum atomic E-state index is 15.6. The molecule has 7 rings (SSSR count). The number of esters is 3. The molecule has 5 aliphatic rings. The van der Waals surface area contributed by atoms with Crippen molar-refractivity contribution in [3.05, 3.63) is 59.1 Å². The Labute approximate surface area is 412 Å². The van der Waals surface area contributed by atoms with E-state index in [1.54, 1.807) is 65.8 Å². The molecule has 0 radical (unpaired) electrons. The summed E-state index contributed by atoms with van der Waals surface area (Å²) in [5.74, 6) is -2.74. The number of nitrogens with one attached hydrogen (secondary N) is 1. The van der Waals surface area contributed by atoms with Crippen molar-refractivity contribution >= 4 is 32.3 Å². The van der Waals surface area contributed by atoms with Crippen LogP contribution >= 0.6 is 0 Å². The molecule has 1 amide bonds. The summed E-state index contributed by atoms with van der Waals surface area (Å²) in [6.45, 7) is 25.9. The Bertz CT molecular complexity index is 2320. The molecule has 2 aromatic rings. The molecular formula is C52H75NO16Si. The fourth-order valence-corrected chi connectivity index (χ4v) is 18.7. The summed E-state index contributed by atoms with van der Waals surface area (Å²) < 4.78 is 62.5. The minimum absolute atomic E-state index is 0.00694. The molecule has 12 atom stereocenters. The first-order chi connectivity index (χ1) is 32.5. The Kier molecular flexibility index (Phi) is 14.4. The first kappa shape index (κ1) is 53.3. The third kappa shape index (κ3) is 8.54. The molecule has 388 valence electrons. The summed E-state index contributed by atoms with van der Waals surface area (Å²) in [7, 11) is -0.149. The number of ether oxygens (including phenoxy) is 8. The lowest BCUT2D eigenvalue weighted by molar-refractivity contribution is -0.416. The minimum Gasteiger partial charge on any atom is -0.497 e. The molecule has 3 N–H and O–H groups in total. The van der Waals surface area contributed by atoms with Gasteiger partial charge in [-0.1, -0.05) is 62.3 Å². The number of carbonyl (C=O) groups excluding carboxylic acids is 4. The van der Waals surface area contributed by atoms with Crippen molar-refractivity contribution in [2.24, 2.45) is 16.7 Å². The molecule has 18 heteroatoms. The maximum Gasteiger partial charge on any atom is 0.408 e. The predicted molar refractivity (Wildman–Crippen MR) is 257 cm³/mol. The normalized spacial score (nSPS) is 31.9. The van der Waals surface area contributed by atoms with Gasteiger partial charge in [0.1, 0.15) is 64.5 Å². The first-order valence-corrected chi connectivity index (χ1v) is 26.6. The number of methoxy groups -OCH3 is 2. The Morgan fingerprint density at radius 1 is 0.929 bits per heavy atom. The van der Waals surface area contributed by atoms with Crippen LogP contribution < -0.4 is 14.8 Å². The lowest BCUT2D eigenvalue weighted by Crippen LogP contribution is -2.86. The second-order valence-corrected chi connectivity index (χ2v) is 28.0. The molecule has 4 fully saturated rings. The van der Waals surface area contributed by atoms with E-state index in [1.165, 1.54) is 33.5 Å². The summed E-state index contributed by atoms with van der Waals surface area (Å²) >= 11 is 0.